The number of anilines is 2. The van der Waals surface area contributed by atoms with Crippen LogP contribution in [0.15, 0.2) is 158 Å². The van der Waals surface area contributed by atoms with Crippen LogP contribution >= 0.6 is 11.3 Å². The monoisotopic (exact) mass is 606 g/mol. The van der Waals surface area contributed by atoms with Gasteiger partial charge in [-0.15, -0.1) is 11.3 Å². The van der Waals surface area contributed by atoms with E-state index in [0.717, 1.165) is 40.4 Å². The number of fused-ring (bicyclic) bond motifs is 7. The molecule has 0 radical (unpaired) electrons. The van der Waals surface area contributed by atoms with Crippen molar-refractivity contribution in [3.8, 4) is 16.8 Å². The summed E-state index contributed by atoms with van der Waals surface area (Å²) in [6.07, 6.45) is 4.57. The quantitative estimate of drug-likeness (QED) is 0.194. The number of thiophene rings is 1. The van der Waals surface area contributed by atoms with E-state index in [-0.39, 0.29) is 0 Å². The lowest BCUT2D eigenvalue weighted by molar-refractivity contribution is 1.09. The SMILES string of the molecule is C=C1c2ccccc2N(c2ccccc2)C/C=C\c2c1c1ccccc1n2-c1ccc(-c2cccc3c2sc2ccccc23)cc1. The van der Waals surface area contributed by atoms with Gasteiger partial charge < -0.3 is 9.47 Å². The van der Waals surface area contributed by atoms with E-state index < -0.39 is 0 Å². The highest BCUT2D eigenvalue weighted by Crippen LogP contribution is 2.43. The van der Waals surface area contributed by atoms with Crippen molar-refractivity contribution >= 4 is 65.4 Å². The Balaban J connectivity index is 1.21. The van der Waals surface area contributed by atoms with Gasteiger partial charge in [-0.2, -0.15) is 0 Å². The van der Waals surface area contributed by atoms with Crippen molar-refractivity contribution in [2.75, 3.05) is 11.4 Å². The molecule has 0 atom stereocenters. The molecular formula is C43H30N2S. The summed E-state index contributed by atoms with van der Waals surface area (Å²) in [6.45, 7) is 5.50. The Hall–Kier alpha value is -5.64. The first-order valence-corrected chi connectivity index (χ1v) is 16.5. The Morgan fingerprint density at radius 1 is 0.565 bits per heavy atom. The van der Waals surface area contributed by atoms with Crippen molar-refractivity contribution in [2.24, 2.45) is 0 Å². The highest BCUT2D eigenvalue weighted by Gasteiger charge is 2.24. The van der Waals surface area contributed by atoms with E-state index in [1.165, 1.54) is 47.8 Å². The molecule has 2 nitrogen and oxygen atoms in total. The molecule has 9 rings (SSSR count). The van der Waals surface area contributed by atoms with Crippen LogP contribution in [0.2, 0.25) is 0 Å². The Kier molecular flexibility index (Phi) is 6.25. The first-order chi connectivity index (χ1) is 22.8. The van der Waals surface area contributed by atoms with Gasteiger partial charge in [-0.1, -0.05) is 116 Å². The largest absolute Gasteiger partial charge is 0.337 e. The third kappa shape index (κ3) is 4.17. The summed E-state index contributed by atoms with van der Waals surface area (Å²) < 4.78 is 5.07. The molecule has 0 unspecified atom stereocenters. The van der Waals surface area contributed by atoms with Gasteiger partial charge in [-0.05, 0) is 65.2 Å². The molecule has 1 aliphatic rings. The Labute approximate surface area is 272 Å². The first kappa shape index (κ1) is 26.7. The van der Waals surface area contributed by atoms with E-state index in [9.17, 15) is 0 Å². The van der Waals surface area contributed by atoms with Gasteiger partial charge in [-0.25, -0.2) is 0 Å². The minimum absolute atomic E-state index is 0.743. The van der Waals surface area contributed by atoms with E-state index in [1.54, 1.807) is 0 Å². The number of para-hydroxylation sites is 3. The Morgan fingerprint density at radius 2 is 1.26 bits per heavy atom. The molecule has 0 amide bonds. The molecule has 3 heterocycles. The maximum atomic E-state index is 4.75. The predicted molar refractivity (Wildman–Crippen MR) is 199 cm³/mol. The van der Waals surface area contributed by atoms with Gasteiger partial charge in [0.25, 0.3) is 0 Å². The maximum Gasteiger partial charge on any atom is 0.0544 e. The average molecular weight is 607 g/mol. The molecule has 0 N–H and O–H groups in total. The Bertz CT molecular complexity index is 2460. The van der Waals surface area contributed by atoms with Crippen LogP contribution in [0.4, 0.5) is 11.4 Å². The molecule has 218 valence electrons. The number of hydrogen-bond donors (Lipinski definition) is 0. The molecule has 3 heteroatoms. The topological polar surface area (TPSA) is 8.17 Å². The molecule has 0 saturated heterocycles. The van der Waals surface area contributed by atoms with E-state index in [2.05, 4.69) is 167 Å². The van der Waals surface area contributed by atoms with E-state index in [1.807, 2.05) is 11.3 Å². The molecule has 8 aromatic rings. The van der Waals surface area contributed by atoms with Gasteiger partial charge in [0.1, 0.15) is 0 Å². The zero-order valence-corrected chi connectivity index (χ0v) is 26.0. The van der Waals surface area contributed by atoms with Crippen molar-refractivity contribution in [2.45, 2.75) is 0 Å². The molecule has 6 aromatic carbocycles. The number of benzene rings is 6. The second kappa shape index (κ2) is 10.8. The number of hydrogen-bond acceptors (Lipinski definition) is 2. The van der Waals surface area contributed by atoms with Crippen LogP contribution in [0.5, 0.6) is 0 Å². The number of rotatable bonds is 3. The first-order valence-electron chi connectivity index (χ1n) is 15.7. The van der Waals surface area contributed by atoms with E-state index in [4.69, 9.17) is 6.58 Å². The van der Waals surface area contributed by atoms with Crippen molar-refractivity contribution < 1.29 is 0 Å². The zero-order valence-electron chi connectivity index (χ0n) is 25.2. The molecule has 0 bridgehead atoms. The van der Waals surface area contributed by atoms with Gasteiger partial charge >= 0.3 is 0 Å². The van der Waals surface area contributed by atoms with Gasteiger partial charge in [0.05, 0.1) is 11.2 Å². The summed E-state index contributed by atoms with van der Waals surface area (Å²) in [5.74, 6) is 0. The summed E-state index contributed by atoms with van der Waals surface area (Å²) >= 11 is 1.88. The normalized spacial score (nSPS) is 13.7. The highest BCUT2D eigenvalue weighted by molar-refractivity contribution is 7.26. The number of nitrogens with zero attached hydrogens (tertiary/aromatic N) is 2. The van der Waals surface area contributed by atoms with Crippen molar-refractivity contribution in [3.63, 3.8) is 0 Å². The summed E-state index contributed by atoms with van der Waals surface area (Å²) in [7, 11) is 0. The van der Waals surface area contributed by atoms with Gasteiger partial charge in [0.15, 0.2) is 0 Å². The average Bonchev–Trinajstić information content (AvgIpc) is 3.67. The second-order valence-corrected chi connectivity index (χ2v) is 12.8. The summed E-state index contributed by atoms with van der Waals surface area (Å²) in [6, 6.07) is 52.5. The fraction of sp³-hybridized carbons (Fsp3) is 0.0233. The van der Waals surface area contributed by atoms with Crippen LogP contribution in [0.1, 0.15) is 16.8 Å². The van der Waals surface area contributed by atoms with Crippen molar-refractivity contribution in [1.82, 2.24) is 4.57 Å². The van der Waals surface area contributed by atoms with Gasteiger partial charge in [-0.3, -0.25) is 0 Å². The smallest absolute Gasteiger partial charge is 0.0544 e. The van der Waals surface area contributed by atoms with Crippen LogP contribution < -0.4 is 4.90 Å². The highest BCUT2D eigenvalue weighted by atomic mass is 32.1. The van der Waals surface area contributed by atoms with Crippen LogP contribution in [-0.4, -0.2) is 11.1 Å². The fourth-order valence-corrected chi connectivity index (χ4v) is 8.34. The Morgan fingerprint density at radius 3 is 2.13 bits per heavy atom. The minimum Gasteiger partial charge on any atom is -0.337 e. The van der Waals surface area contributed by atoms with Crippen LogP contribution in [0, 0.1) is 0 Å². The molecule has 0 spiro atoms. The minimum atomic E-state index is 0.743. The van der Waals surface area contributed by atoms with Crippen molar-refractivity contribution in [3.05, 3.63) is 175 Å². The molecule has 0 aliphatic carbocycles. The van der Waals surface area contributed by atoms with Crippen molar-refractivity contribution in [1.29, 1.82) is 0 Å². The van der Waals surface area contributed by atoms with Gasteiger partial charge in [0, 0.05) is 60.3 Å². The van der Waals surface area contributed by atoms with Crippen LogP contribution in [0.25, 0.3) is 59.5 Å². The molecular weight excluding hydrogens is 577 g/mol. The van der Waals surface area contributed by atoms with Gasteiger partial charge in [0.2, 0.25) is 0 Å². The van der Waals surface area contributed by atoms with Crippen LogP contribution in [-0.2, 0) is 0 Å². The lowest BCUT2D eigenvalue weighted by atomic mass is 9.95. The molecule has 2 aromatic heterocycles. The lowest BCUT2D eigenvalue weighted by Crippen LogP contribution is -2.18. The lowest BCUT2D eigenvalue weighted by Gasteiger charge is -2.26. The third-order valence-electron chi connectivity index (χ3n) is 9.21. The molecule has 0 saturated carbocycles. The summed E-state index contributed by atoms with van der Waals surface area (Å²) in [4.78, 5) is 2.37. The predicted octanol–water partition coefficient (Wildman–Crippen LogP) is 11.9. The third-order valence-corrected chi connectivity index (χ3v) is 10.4. The standard InChI is InChI=1S/C43H30N2S/c1-29-33-15-5-8-20-38(33)44(31-13-3-2-4-14-31)28-12-22-40-42(29)37-17-6-9-21-39(37)45(40)32-26-24-30(25-27-32)34-18-11-19-36-35-16-7-10-23-41(35)46-43(34)36/h2-27H,1,28H2/b22-12-. The summed E-state index contributed by atoms with van der Waals surface area (Å²) in [5.41, 5.74) is 11.6. The zero-order chi connectivity index (χ0) is 30.6. The fourth-order valence-electron chi connectivity index (χ4n) is 7.10. The van der Waals surface area contributed by atoms with E-state index >= 15 is 0 Å². The second-order valence-electron chi connectivity index (χ2n) is 11.8. The van der Waals surface area contributed by atoms with E-state index in [0.29, 0.717) is 0 Å². The molecule has 46 heavy (non-hydrogen) atoms. The van der Waals surface area contributed by atoms with Crippen LogP contribution in [0.3, 0.4) is 0 Å². The summed E-state index contributed by atoms with van der Waals surface area (Å²) in [5, 5.41) is 3.85. The molecule has 1 aliphatic heterocycles. The maximum absolute atomic E-state index is 4.75. The number of aromatic nitrogens is 1. The molecule has 0 fully saturated rings.